The number of methoxy groups -OCH3 is 1. The lowest BCUT2D eigenvalue weighted by atomic mass is 10.1. The molecule has 1 aliphatic heterocycles. The number of rotatable bonds is 7. The predicted molar refractivity (Wildman–Crippen MR) is 107 cm³/mol. The average molecular weight is 404 g/mol. The van der Waals surface area contributed by atoms with Gasteiger partial charge < -0.3 is 19.7 Å². The standard InChI is InChI=1S/C20H25N3O4S/c1-14(20-21-9-12-28-20)22-19(25)15-3-5-16(6-4-15)27-17-7-10-23(11-8-17)18(24)13-26-2/h3-6,9,12,14,17H,7-8,10-11,13H2,1-2H3,(H,22,25)/t14-/m1/s1. The highest BCUT2D eigenvalue weighted by atomic mass is 32.1. The lowest BCUT2D eigenvalue weighted by molar-refractivity contribution is -0.136. The Kier molecular flexibility index (Phi) is 7.00. The number of ether oxygens (including phenoxy) is 2. The van der Waals surface area contributed by atoms with Gasteiger partial charge in [0, 0.05) is 50.2 Å². The van der Waals surface area contributed by atoms with E-state index in [4.69, 9.17) is 9.47 Å². The first-order valence-electron chi connectivity index (χ1n) is 9.30. The molecule has 3 rings (SSSR count). The molecule has 1 saturated heterocycles. The number of nitrogens with one attached hydrogen (secondary N) is 1. The summed E-state index contributed by atoms with van der Waals surface area (Å²) in [5, 5.41) is 5.71. The molecular formula is C20H25N3O4S. The number of hydrogen-bond donors (Lipinski definition) is 1. The number of aromatic nitrogens is 1. The Balaban J connectivity index is 1.48. The van der Waals surface area contributed by atoms with Crippen molar-refractivity contribution in [3.05, 3.63) is 46.4 Å². The number of piperidine rings is 1. The van der Waals surface area contributed by atoms with E-state index in [1.807, 2.05) is 24.4 Å². The van der Waals surface area contributed by atoms with Crippen LogP contribution in [0.2, 0.25) is 0 Å². The average Bonchev–Trinajstić information content (AvgIpc) is 3.24. The van der Waals surface area contributed by atoms with E-state index in [0.717, 1.165) is 23.6 Å². The molecule has 1 atom stereocenters. The van der Waals surface area contributed by atoms with Gasteiger partial charge in [0.15, 0.2) is 0 Å². The van der Waals surface area contributed by atoms with Crippen LogP contribution in [0.1, 0.15) is 41.2 Å². The van der Waals surface area contributed by atoms with Crippen molar-refractivity contribution in [2.24, 2.45) is 0 Å². The van der Waals surface area contributed by atoms with Gasteiger partial charge in [-0.1, -0.05) is 0 Å². The molecule has 0 spiro atoms. The fraction of sp³-hybridized carbons (Fsp3) is 0.450. The lowest BCUT2D eigenvalue weighted by Gasteiger charge is -2.32. The molecule has 7 nitrogen and oxygen atoms in total. The third kappa shape index (κ3) is 5.30. The van der Waals surface area contributed by atoms with Crippen molar-refractivity contribution in [3.63, 3.8) is 0 Å². The summed E-state index contributed by atoms with van der Waals surface area (Å²) in [5.41, 5.74) is 0.579. The van der Waals surface area contributed by atoms with Crippen LogP contribution in [0.25, 0.3) is 0 Å². The summed E-state index contributed by atoms with van der Waals surface area (Å²) in [5.74, 6) is 0.605. The Morgan fingerprint density at radius 1 is 1.29 bits per heavy atom. The monoisotopic (exact) mass is 403 g/mol. The zero-order valence-corrected chi connectivity index (χ0v) is 16.9. The topological polar surface area (TPSA) is 80.8 Å². The Morgan fingerprint density at radius 2 is 2.00 bits per heavy atom. The number of amides is 2. The fourth-order valence-electron chi connectivity index (χ4n) is 3.11. The van der Waals surface area contributed by atoms with E-state index in [0.29, 0.717) is 18.7 Å². The molecule has 0 aliphatic carbocycles. The van der Waals surface area contributed by atoms with Crippen LogP contribution >= 0.6 is 11.3 Å². The van der Waals surface area contributed by atoms with Crippen molar-refractivity contribution in [2.45, 2.75) is 31.9 Å². The number of hydrogen-bond acceptors (Lipinski definition) is 6. The minimum Gasteiger partial charge on any atom is -0.490 e. The molecule has 1 fully saturated rings. The highest BCUT2D eigenvalue weighted by Crippen LogP contribution is 2.21. The summed E-state index contributed by atoms with van der Waals surface area (Å²) < 4.78 is 10.9. The third-order valence-corrected chi connectivity index (χ3v) is 5.61. The fourth-order valence-corrected chi connectivity index (χ4v) is 3.75. The van der Waals surface area contributed by atoms with Gasteiger partial charge in [0.25, 0.3) is 5.91 Å². The van der Waals surface area contributed by atoms with Gasteiger partial charge in [-0.05, 0) is 31.2 Å². The van der Waals surface area contributed by atoms with Gasteiger partial charge in [-0.15, -0.1) is 11.3 Å². The second kappa shape index (κ2) is 9.66. The molecule has 0 bridgehead atoms. The van der Waals surface area contributed by atoms with Crippen molar-refractivity contribution < 1.29 is 19.1 Å². The van der Waals surface area contributed by atoms with Crippen LogP contribution in [0.4, 0.5) is 0 Å². The second-order valence-electron chi connectivity index (χ2n) is 6.72. The van der Waals surface area contributed by atoms with E-state index in [9.17, 15) is 9.59 Å². The zero-order chi connectivity index (χ0) is 19.9. The molecular weight excluding hydrogens is 378 g/mol. The summed E-state index contributed by atoms with van der Waals surface area (Å²) >= 11 is 1.52. The van der Waals surface area contributed by atoms with Crippen LogP contribution < -0.4 is 10.1 Å². The van der Waals surface area contributed by atoms with E-state index in [-0.39, 0.29) is 30.6 Å². The van der Waals surface area contributed by atoms with Crippen LogP contribution in [0.3, 0.4) is 0 Å². The molecule has 1 aliphatic rings. The molecule has 0 unspecified atom stereocenters. The van der Waals surface area contributed by atoms with Crippen LogP contribution in [0.15, 0.2) is 35.8 Å². The van der Waals surface area contributed by atoms with E-state index in [1.54, 1.807) is 23.2 Å². The Hall–Kier alpha value is -2.45. The van der Waals surface area contributed by atoms with Crippen LogP contribution in [-0.2, 0) is 9.53 Å². The molecule has 8 heteroatoms. The molecule has 2 heterocycles. The molecule has 1 N–H and O–H groups in total. The molecule has 1 aromatic carbocycles. The first-order chi connectivity index (χ1) is 13.6. The summed E-state index contributed by atoms with van der Waals surface area (Å²) in [6.45, 7) is 3.37. The van der Waals surface area contributed by atoms with E-state index in [2.05, 4.69) is 10.3 Å². The maximum absolute atomic E-state index is 12.4. The number of benzene rings is 1. The van der Waals surface area contributed by atoms with Gasteiger partial charge in [-0.3, -0.25) is 9.59 Å². The smallest absolute Gasteiger partial charge is 0.251 e. The van der Waals surface area contributed by atoms with E-state index >= 15 is 0 Å². The molecule has 150 valence electrons. The number of carbonyl (C=O) groups excluding carboxylic acids is 2. The maximum atomic E-state index is 12.4. The Bertz CT molecular complexity index is 771. The summed E-state index contributed by atoms with van der Waals surface area (Å²) in [6.07, 6.45) is 3.36. The normalized spacial score (nSPS) is 15.9. The molecule has 2 aromatic rings. The summed E-state index contributed by atoms with van der Waals surface area (Å²) in [4.78, 5) is 30.2. The van der Waals surface area contributed by atoms with Gasteiger partial charge in [0.2, 0.25) is 5.91 Å². The van der Waals surface area contributed by atoms with Gasteiger partial charge >= 0.3 is 0 Å². The molecule has 0 radical (unpaired) electrons. The van der Waals surface area contributed by atoms with Gasteiger partial charge in [0.05, 0.1) is 6.04 Å². The second-order valence-corrected chi connectivity index (χ2v) is 7.65. The van der Waals surface area contributed by atoms with E-state index < -0.39 is 0 Å². The largest absolute Gasteiger partial charge is 0.490 e. The van der Waals surface area contributed by atoms with Crippen LogP contribution in [-0.4, -0.2) is 54.6 Å². The molecule has 0 saturated carbocycles. The quantitative estimate of drug-likeness (QED) is 0.769. The minimum absolute atomic E-state index is 0.0169. The Morgan fingerprint density at radius 3 is 2.61 bits per heavy atom. The SMILES string of the molecule is COCC(=O)N1CCC(Oc2ccc(C(=O)N[C@H](C)c3nccs3)cc2)CC1. The molecule has 1 aromatic heterocycles. The number of nitrogens with zero attached hydrogens (tertiary/aromatic N) is 2. The number of likely N-dealkylation sites (tertiary alicyclic amines) is 1. The summed E-state index contributed by atoms with van der Waals surface area (Å²) in [7, 11) is 1.53. The van der Waals surface area contributed by atoms with Gasteiger partial charge in [-0.2, -0.15) is 0 Å². The minimum atomic E-state index is -0.140. The van der Waals surface area contributed by atoms with Crippen molar-refractivity contribution >= 4 is 23.2 Å². The zero-order valence-electron chi connectivity index (χ0n) is 16.1. The van der Waals surface area contributed by atoms with Crippen molar-refractivity contribution in [3.8, 4) is 5.75 Å². The van der Waals surface area contributed by atoms with Crippen molar-refractivity contribution in [1.29, 1.82) is 0 Å². The lowest BCUT2D eigenvalue weighted by Crippen LogP contribution is -2.43. The number of thiazole rings is 1. The van der Waals surface area contributed by atoms with Crippen molar-refractivity contribution in [2.75, 3.05) is 26.8 Å². The van der Waals surface area contributed by atoms with Crippen LogP contribution in [0, 0.1) is 0 Å². The van der Waals surface area contributed by atoms with Gasteiger partial charge in [-0.25, -0.2) is 4.98 Å². The first kappa shape index (κ1) is 20.3. The maximum Gasteiger partial charge on any atom is 0.251 e. The highest BCUT2D eigenvalue weighted by Gasteiger charge is 2.23. The van der Waals surface area contributed by atoms with E-state index in [1.165, 1.54) is 18.4 Å². The number of carbonyl (C=O) groups is 2. The van der Waals surface area contributed by atoms with Crippen molar-refractivity contribution in [1.82, 2.24) is 15.2 Å². The third-order valence-electron chi connectivity index (χ3n) is 4.65. The highest BCUT2D eigenvalue weighted by molar-refractivity contribution is 7.09. The summed E-state index contributed by atoms with van der Waals surface area (Å²) in [6, 6.07) is 7.01. The predicted octanol–water partition coefficient (Wildman–Crippen LogP) is 2.65. The Labute approximate surface area is 168 Å². The molecule has 2 amide bonds. The first-order valence-corrected chi connectivity index (χ1v) is 10.2. The van der Waals surface area contributed by atoms with Crippen LogP contribution in [0.5, 0.6) is 5.75 Å². The molecule has 28 heavy (non-hydrogen) atoms. The van der Waals surface area contributed by atoms with Gasteiger partial charge in [0.1, 0.15) is 23.5 Å².